The fourth-order valence-corrected chi connectivity index (χ4v) is 3.49. The minimum Gasteiger partial charge on any atom is -0.256 e. The van der Waals surface area contributed by atoms with E-state index in [-0.39, 0.29) is 5.75 Å². The molecule has 0 spiro atoms. The van der Waals surface area contributed by atoms with Crippen molar-refractivity contribution in [1.29, 1.82) is 5.26 Å². The van der Waals surface area contributed by atoms with Crippen molar-refractivity contribution in [3.63, 3.8) is 0 Å². The summed E-state index contributed by atoms with van der Waals surface area (Å²) in [5, 5.41) is 9.25. The van der Waals surface area contributed by atoms with Crippen LogP contribution in [0, 0.1) is 11.3 Å². The van der Waals surface area contributed by atoms with E-state index >= 15 is 0 Å². The molecule has 0 saturated heterocycles. The van der Waals surface area contributed by atoms with Gasteiger partial charge in [0.1, 0.15) is 0 Å². The van der Waals surface area contributed by atoms with Crippen LogP contribution in [-0.4, -0.2) is 18.5 Å². The van der Waals surface area contributed by atoms with E-state index in [0.29, 0.717) is 6.42 Å². The molecule has 1 atom stereocenters. The van der Waals surface area contributed by atoms with Crippen molar-refractivity contribution in [2.75, 3.05) is 5.75 Å². The quantitative estimate of drug-likeness (QED) is 0.839. The second-order valence-corrected chi connectivity index (χ2v) is 6.12. The first kappa shape index (κ1) is 12.7. The molecule has 0 saturated carbocycles. The Kier molecular flexibility index (Phi) is 3.39. The molecule has 1 aromatic rings. The van der Waals surface area contributed by atoms with E-state index in [1.165, 1.54) is 10.5 Å². The molecule has 0 aliphatic carbocycles. The van der Waals surface area contributed by atoms with Crippen molar-refractivity contribution in [3.05, 3.63) is 41.6 Å². The lowest BCUT2D eigenvalue weighted by atomic mass is 9.99. The fourth-order valence-electron chi connectivity index (χ4n) is 2.03. The molecule has 0 radical (unpaired) electrons. The SMILES string of the molecule is CCCS(=O)(=O)N1C=Cc2ccccc2C1C#N. The van der Waals surface area contributed by atoms with E-state index in [0.717, 1.165) is 11.1 Å². The Morgan fingerprint density at radius 3 is 2.78 bits per heavy atom. The molecule has 18 heavy (non-hydrogen) atoms. The van der Waals surface area contributed by atoms with Crippen molar-refractivity contribution >= 4 is 16.1 Å². The summed E-state index contributed by atoms with van der Waals surface area (Å²) in [4.78, 5) is 0. The lowest BCUT2D eigenvalue weighted by Crippen LogP contribution is -2.33. The molecule has 1 aromatic carbocycles. The number of sulfonamides is 1. The van der Waals surface area contributed by atoms with Crippen molar-refractivity contribution in [1.82, 2.24) is 4.31 Å². The number of hydrogen-bond donors (Lipinski definition) is 0. The van der Waals surface area contributed by atoms with Crippen molar-refractivity contribution < 1.29 is 8.42 Å². The van der Waals surface area contributed by atoms with Crippen LogP contribution >= 0.6 is 0 Å². The number of nitriles is 1. The van der Waals surface area contributed by atoms with Gasteiger partial charge in [0, 0.05) is 6.20 Å². The Balaban J connectivity index is 2.47. The Morgan fingerprint density at radius 2 is 2.11 bits per heavy atom. The molecule has 1 aliphatic heterocycles. The summed E-state index contributed by atoms with van der Waals surface area (Å²) in [5.41, 5.74) is 1.63. The van der Waals surface area contributed by atoms with Gasteiger partial charge in [0.05, 0.1) is 11.8 Å². The largest absolute Gasteiger partial charge is 0.256 e. The molecule has 0 amide bonds. The van der Waals surface area contributed by atoms with Gasteiger partial charge in [-0.1, -0.05) is 31.2 Å². The third-order valence-electron chi connectivity index (χ3n) is 2.85. The predicted molar refractivity (Wildman–Crippen MR) is 69.7 cm³/mol. The maximum Gasteiger partial charge on any atom is 0.236 e. The van der Waals surface area contributed by atoms with E-state index in [2.05, 4.69) is 6.07 Å². The highest BCUT2D eigenvalue weighted by molar-refractivity contribution is 7.89. The third kappa shape index (κ3) is 2.12. The summed E-state index contributed by atoms with van der Waals surface area (Å²) >= 11 is 0. The standard InChI is InChI=1S/C13H14N2O2S/c1-2-9-18(16,17)15-8-7-11-5-3-4-6-12(11)13(15)10-14/h3-8,13H,2,9H2,1H3. The Hall–Kier alpha value is -1.80. The van der Waals surface area contributed by atoms with E-state index in [1.807, 2.05) is 18.2 Å². The van der Waals surface area contributed by atoms with Crippen LogP contribution in [0.3, 0.4) is 0 Å². The molecule has 1 unspecified atom stereocenters. The summed E-state index contributed by atoms with van der Waals surface area (Å²) in [5.74, 6) is 0.0533. The second kappa shape index (κ2) is 4.83. The molecule has 5 heteroatoms. The summed E-state index contributed by atoms with van der Waals surface area (Å²) in [6.07, 6.45) is 3.75. The summed E-state index contributed by atoms with van der Waals surface area (Å²) in [7, 11) is -3.41. The number of rotatable bonds is 3. The van der Waals surface area contributed by atoms with Gasteiger partial charge in [0.15, 0.2) is 6.04 Å². The summed E-state index contributed by atoms with van der Waals surface area (Å²) in [6, 6.07) is 8.66. The van der Waals surface area contributed by atoms with Gasteiger partial charge in [-0.25, -0.2) is 8.42 Å². The second-order valence-electron chi connectivity index (χ2n) is 4.12. The van der Waals surface area contributed by atoms with Crippen LogP contribution in [0.1, 0.15) is 30.5 Å². The van der Waals surface area contributed by atoms with Crippen molar-refractivity contribution in [2.24, 2.45) is 0 Å². The monoisotopic (exact) mass is 262 g/mol. The molecule has 0 bridgehead atoms. The Morgan fingerprint density at radius 1 is 1.39 bits per heavy atom. The molecule has 0 fully saturated rings. The maximum atomic E-state index is 12.1. The van der Waals surface area contributed by atoms with Crippen LogP contribution in [0.4, 0.5) is 0 Å². The zero-order chi connectivity index (χ0) is 13.2. The van der Waals surface area contributed by atoms with Crippen LogP contribution in [0.2, 0.25) is 0 Å². The van der Waals surface area contributed by atoms with Gasteiger partial charge in [-0.3, -0.25) is 4.31 Å². The zero-order valence-electron chi connectivity index (χ0n) is 10.1. The molecule has 4 nitrogen and oxygen atoms in total. The van der Waals surface area contributed by atoms with Crippen LogP contribution in [0.5, 0.6) is 0 Å². The van der Waals surface area contributed by atoms with Crippen molar-refractivity contribution in [3.8, 4) is 6.07 Å². The Labute approximate surface area is 107 Å². The smallest absolute Gasteiger partial charge is 0.236 e. The highest BCUT2D eigenvalue weighted by atomic mass is 32.2. The molecule has 0 aromatic heterocycles. The van der Waals surface area contributed by atoms with Gasteiger partial charge in [-0.2, -0.15) is 5.26 Å². The van der Waals surface area contributed by atoms with E-state index in [1.54, 1.807) is 19.1 Å². The highest BCUT2D eigenvalue weighted by Gasteiger charge is 2.31. The molecule has 94 valence electrons. The minimum atomic E-state index is -3.41. The molecular formula is C13H14N2O2S. The van der Waals surface area contributed by atoms with Gasteiger partial charge >= 0.3 is 0 Å². The topological polar surface area (TPSA) is 61.2 Å². The van der Waals surface area contributed by atoms with E-state index < -0.39 is 16.1 Å². The minimum absolute atomic E-state index is 0.0533. The first-order chi connectivity index (χ1) is 8.60. The normalized spacial score (nSPS) is 18.2. The average molecular weight is 262 g/mol. The number of fused-ring (bicyclic) bond motifs is 1. The Bertz CT molecular complexity index is 614. The van der Waals surface area contributed by atoms with Crippen LogP contribution in [0.15, 0.2) is 30.5 Å². The molecule has 1 aliphatic rings. The number of hydrogen-bond acceptors (Lipinski definition) is 3. The van der Waals surface area contributed by atoms with Gasteiger partial charge in [-0.05, 0) is 23.6 Å². The molecular weight excluding hydrogens is 248 g/mol. The molecule has 0 N–H and O–H groups in total. The lowest BCUT2D eigenvalue weighted by molar-refractivity contribution is 0.460. The predicted octanol–water partition coefficient (Wildman–Crippen LogP) is 2.28. The van der Waals surface area contributed by atoms with Gasteiger partial charge < -0.3 is 0 Å². The van der Waals surface area contributed by atoms with Gasteiger partial charge in [-0.15, -0.1) is 0 Å². The first-order valence-electron chi connectivity index (χ1n) is 5.78. The van der Waals surface area contributed by atoms with E-state index in [4.69, 9.17) is 0 Å². The first-order valence-corrected chi connectivity index (χ1v) is 7.39. The number of benzene rings is 1. The van der Waals surface area contributed by atoms with Crippen molar-refractivity contribution in [2.45, 2.75) is 19.4 Å². The molecule has 1 heterocycles. The average Bonchev–Trinajstić information content (AvgIpc) is 2.37. The highest BCUT2D eigenvalue weighted by Crippen LogP contribution is 2.31. The van der Waals surface area contributed by atoms with Gasteiger partial charge in [0.25, 0.3) is 0 Å². The van der Waals surface area contributed by atoms with Crippen LogP contribution < -0.4 is 0 Å². The lowest BCUT2D eigenvalue weighted by Gasteiger charge is -2.29. The zero-order valence-corrected chi connectivity index (χ0v) is 10.9. The summed E-state index contributed by atoms with van der Waals surface area (Å²) in [6.45, 7) is 1.81. The summed E-state index contributed by atoms with van der Waals surface area (Å²) < 4.78 is 25.3. The fraction of sp³-hybridized carbons (Fsp3) is 0.308. The maximum absolute atomic E-state index is 12.1. The third-order valence-corrected chi connectivity index (χ3v) is 4.75. The van der Waals surface area contributed by atoms with Crippen LogP contribution in [0.25, 0.3) is 6.08 Å². The van der Waals surface area contributed by atoms with Gasteiger partial charge in [0.2, 0.25) is 10.0 Å². The number of nitrogens with zero attached hydrogens (tertiary/aromatic N) is 2. The van der Waals surface area contributed by atoms with Crippen LogP contribution in [-0.2, 0) is 10.0 Å². The molecule has 2 rings (SSSR count). The van der Waals surface area contributed by atoms with E-state index in [9.17, 15) is 13.7 Å².